The fourth-order valence-electron chi connectivity index (χ4n) is 4.24. The number of nitrogens with one attached hydrogen (secondary N) is 2. The Labute approximate surface area is 216 Å². The normalized spacial score (nSPS) is 11.6. The summed E-state index contributed by atoms with van der Waals surface area (Å²) in [5.74, 6) is 0. The van der Waals surface area contributed by atoms with Crippen LogP contribution in [0.3, 0.4) is 0 Å². The SMILES string of the molecule is O=C(N/N=c1\cc(-c2ccccc2)c2cc3c(-c4ccc(Cl)cc4)coc3cc2o1)Nc1ccccc1. The first kappa shape index (κ1) is 22.6. The summed E-state index contributed by atoms with van der Waals surface area (Å²) in [6, 6.07) is 32.0. The summed E-state index contributed by atoms with van der Waals surface area (Å²) in [5.41, 5.74) is 8.53. The molecule has 6 aromatic rings. The molecular weight excluding hydrogens is 486 g/mol. The van der Waals surface area contributed by atoms with Crippen molar-refractivity contribution < 1.29 is 13.6 Å². The molecule has 2 amide bonds. The molecule has 2 heterocycles. The van der Waals surface area contributed by atoms with E-state index in [1.807, 2.05) is 84.9 Å². The summed E-state index contributed by atoms with van der Waals surface area (Å²) in [7, 11) is 0. The Bertz CT molecular complexity index is 1790. The van der Waals surface area contributed by atoms with Crippen LogP contribution < -0.4 is 16.3 Å². The van der Waals surface area contributed by atoms with Gasteiger partial charge in [-0.15, -0.1) is 5.10 Å². The number of amides is 2. The Morgan fingerprint density at radius 2 is 1.41 bits per heavy atom. The van der Waals surface area contributed by atoms with E-state index in [1.165, 1.54) is 0 Å². The van der Waals surface area contributed by atoms with E-state index in [4.69, 9.17) is 20.4 Å². The molecule has 180 valence electrons. The van der Waals surface area contributed by atoms with Crippen molar-refractivity contribution >= 4 is 45.3 Å². The molecule has 0 unspecified atom stereocenters. The van der Waals surface area contributed by atoms with Crippen molar-refractivity contribution in [3.8, 4) is 22.3 Å². The van der Waals surface area contributed by atoms with Crippen molar-refractivity contribution in [2.75, 3.05) is 5.32 Å². The number of anilines is 1. The summed E-state index contributed by atoms with van der Waals surface area (Å²) in [6.45, 7) is 0. The molecule has 0 saturated heterocycles. The standard InChI is InChI=1S/C30H20ClN3O3/c31-21-13-11-20(12-14-21)26-18-36-27-17-28-24(15-25(26)27)23(19-7-3-1-4-8-19)16-29(37-28)33-34-30(35)32-22-9-5-2-6-10-22/h1-18H,(H2,32,34,35)/b33-29+. The molecule has 7 heteroatoms. The van der Waals surface area contributed by atoms with Crippen molar-refractivity contribution in [2.24, 2.45) is 5.10 Å². The van der Waals surface area contributed by atoms with Crippen LogP contribution >= 0.6 is 11.6 Å². The Morgan fingerprint density at radius 3 is 2.16 bits per heavy atom. The Hall–Kier alpha value is -4.81. The highest BCUT2D eigenvalue weighted by atomic mass is 35.5. The van der Waals surface area contributed by atoms with Gasteiger partial charge in [-0.1, -0.05) is 72.3 Å². The molecule has 2 N–H and O–H groups in total. The van der Waals surface area contributed by atoms with Crippen LogP contribution in [0.1, 0.15) is 0 Å². The maximum Gasteiger partial charge on any atom is 0.339 e. The van der Waals surface area contributed by atoms with Gasteiger partial charge in [-0.05, 0) is 47.0 Å². The molecular formula is C30H20ClN3O3. The zero-order chi connectivity index (χ0) is 25.2. The number of benzene rings is 4. The lowest BCUT2D eigenvalue weighted by molar-refractivity contribution is 0.251. The number of furan rings is 1. The minimum atomic E-state index is -0.475. The third kappa shape index (κ3) is 4.70. The maximum absolute atomic E-state index is 12.4. The molecule has 0 saturated carbocycles. The first-order valence-corrected chi connectivity index (χ1v) is 12.0. The lowest BCUT2D eigenvalue weighted by Crippen LogP contribution is -2.26. The number of para-hydroxylation sites is 1. The second-order valence-corrected chi connectivity index (χ2v) is 8.85. The van der Waals surface area contributed by atoms with Crippen LogP contribution in [0, 0.1) is 0 Å². The van der Waals surface area contributed by atoms with E-state index in [9.17, 15) is 4.79 Å². The van der Waals surface area contributed by atoms with Gasteiger partial charge in [0.15, 0.2) is 0 Å². The van der Waals surface area contributed by atoms with Crippen LogP contribution in [-0.4, -0.2) is 6.03 Å². The number of hydrogen-bond acceptors (Lipinski definition) is 4. The fourth-order valence-corrected chi connectivity index (χ4v) is 4.37. The highest BCUT2D eigenvalue weighted by Crippen LogP contribution is 2.36. The fraction of sp³-hybridized carbons (Fsp3) is 0. The first-order chi connectivity index (χ1) is 18.1. The van der Waals surface area contributed by atoms with Gasteiger partial charge in [-0.2, -0.15) is 0 Å². The molecule has 0 radical (unpaired) electrons. The lowest BCUT2D eigenvalue weighted by atomic mass is 9.98. The van der Waals surface area contributed by atoms with Crippen molar-refractivity contribution in [3.63, 3.8) is 0 Å². The van der Waals surface area contributed by atoms with Crippen LogP contribution in [0.2, 0.25) is 5.02 Å². The van der Waals surface area contributed by atoms with Gasteiger partial charge in [0.25, 0.3) is 0 Å². The average Bonchev–Trinajstić information content (AvgIpc) is 3.34. The van der Waals surface area contributed by atoms with Crippen LogP contribution in [0.15, 0.2) is 123 Å². The van der Waals surface area contributed by atoms with E-state index >= 15 is 0 Å². The van der Waals surface area contributed by atoms with Gasteiger partial charge in [-0.3, -0.25) is 0 Å². The molecule has 0 aliphatic rings. The van der Waals surface area contributed by atoms with Gasteiger partial charge in [-0.25, -0.2) is 10.2 Å². The number of rotatable bonds is 4. The van der Waals surface area contributed by atoms with E-state index in [-0.39, 0.29) is 5.55 Å². The summed E-state index contributed by atoms with van der Waals surface area (Å²) >= 11 is 6.08. The number of fused-ring (bicyclic) bond motifs is 2. The summed E-state index contributed by atoms with van der Waals surface area (Å²) < 4.78 is 12.0. The highest BCUT2D eigenvalue weighted by molar-refractivity contribution is 6.30. The number of nitrogens with zero attached hydrogens (tertiary/aromatic N) is 1. The summed E-state index contributed by atoms with van der Waals surface area (Å²) in [6.07, 6.45) is 1.73. The average molecular weight is 506 g/mol. The monoisotopic (exact) mass is 505 g/mol. The van der Waals surface area contributed by atoms with E-state index in [1.54, 1.807) is 18.4 Å². The van der Waals surface area contributed by atoms with Crippen LogP contribution in [-0.2, 0) is 0 Å². The van der Waals surface area contributed by atoms with Gasteiger partial charge < -0.3 is 14.2 Å². The molecule has 37 heavy (non-hydrogen) atoms. The quantitative estimate of drug-likeness (QED) is 0.240. The van der Waals surface area contributed by atoms with Gasteiger partial charge in [0.2, 0.25) is 5.55 Å². The van der Waals surface area contributed by atoms with Crippen molar-refractivity contribution in [3.05, 3.63) is 120 Å². The van der Waals surface area contributed by atoms with Crippen molar-refractivity contribution in [1.29, 1.82) is 0 Å². The molecule has 0 fully saturated rings. The third-order valence-corrected chi connectivity index (χ3v) is 6.24. The van der Waals surface area contributed by atoms with Crippen LogP contribution in [0.25, 0.3) is 44.2 Å². The van der Waals surface area contributed by atoms with Crippen molar-refractivity contribution in [2.45, 2.75) is 0 Å². The molecule has 6 nitrogen and oxygen atoms in total. The minimum Gasteiger partial charge on any atom is -0.464 e. The molecule has 0 bridgehead atoms. The molecule has 0 atom stereocenters. The van der Waals surface area contributed by atoms with Crippen LogP contribution in [0.4, 0.5) is 10.5 Å². The van der Waals surface area contributed by atoms with E-state index in [2.05, 4.69) is 21.9 Å². The molecule has 0 aliphatic heterocycles. The van der Waals surface area contributed by atoms with E-state index in [0.717, 1.165) is 33.0 Å². The van der Waals surface area contributed by atoms with Gasteiger partial charge >= 0.3 is 6.03 Å². The summed E-state index contributed by atoms with van der Waals surface area (Å²) in [4.78, 5) is 12.4. The molecule has 2 aromatic heterocycles. The largest absolute Gasteiger partial charge is 0.464 e. The third-order valence-electron chi connectivity index (χ3n) is 5.99. The topological polar surface area (TPSA) is 79.8 Å². The molecule has 4 aromatic carbocycles. The van der Waals surface area contributed by atoms with E-state index in [0.29, 0.717) is 21.9 Å². The van der Waals surface area contributed by atoms with E-state index < -0.39 is 6.03 Å². The van der Waals surface area contributed by atoms with Gasteiger partial charge in [0, 0.05) is 39.2 Å². The van der Waals surface area contributed by atoms with Crippen molar-refractivity contribution in [1.82, 2.24) is 5.43 Å². The maximum atomic E-state index is 12.4. The number of halogens is 1. The number of carbonyl (C=O) groups is 1. The zero-order valence-corrected chi connectivity index (χ0v) is 20.2. The molecule has 6 rings (SSSR count). The summed E-state index contributed by atoms with van der Waals surface area (Å²) in [5, 5.41) is 9.46. The smallest absolute Gasteiger partial charge is 0.339 e. The lowest BCUT2D eigenvalue weighted by Gasteiger charge is -2.08. The first-order valence-electron chi connectivity index (χ1n) is 11.6. The molecule has 0 aliphatic carbocycles. The van der Waals surface area contributed by atoms with Crippen LogP contribution in [0.5, 0.6) is 0 Å². The second-order valence-electron chi connectivity index (χ2n) is 8.41. The number of urea groups is 1. The van der Waals surface area contributed by atoms with Gasteiger partial charge in [0.1, 0.15) is 11.2 Å². The minimum absolute atomic E-state index is 0.249. The second kappa shape index (κ2) is 9.68. The number of hydrogen-bond donors (Lipinski definition) is 2. The Morgan fingerprint density at radius 1 is 0.730 bits per heavy atom. The Kier molecular flexibility index (Phi) is 5.92. The number of carbonyl (C=O) groups excluding carboxylic acids is 1. The highest BCUT2D eigenvalue weighted by Gasteiger charge is 2.14. The molecule has 0 spiro atoms. The zero-order valence-electron chi connectivity index (χ0n) is 19.4. The van der Waals surface area contributed by atoms with Gasteiger partial charge in [0.05, 0.1) is 6.26 Å². The predicted octanol–water partition coefficient (Wildman–Crippen LogP) is 7.80. The predicted molar refractivity (Wildman–Crippen MR) is 146 cm³/mol. The Balaban J connectivity index is 1.46.